The van der Waals surface area contributed by atoms with Crippen LogP contribution >= 0.6 is 0 Å². The molecule has 0 radical (unpaired) electrons. The first-order valence-electron chi connectivity index (χ1n) is 10.2. The molecule has 0 saturated carbocycles. The van der Waals surface area contributed by atoms with E-state index in [1.54, 1.807) is 0 Å². The van der Waals surface area contributed by atoms with Crippen LogP contribution in [-0.2, 0) is 4.79 Å². The van der Waals surface area contributed by atoms with Gasteiger partial charge in [-0.25, -0.2) is 0 Å². The van der Waals surface area contributed by atoms with Gasteiger partial charge in [-0.3, -0.25) is 9.69 Å². The number of β-amino-alcohol motifs (C(OH)–C–C–N with tert-alkyl or cyclic N) is 1. The maximum atomic E-state index is 13.0. The van der Waals surface area contributed by atoms with E-state index in [-0.39, 0.29) is 12.0 Å². The molecule has 1 amide bonds. The Balaban J connectivity index is 1.35. The Morgan fingerprint density at radius 3 is 2.54 bits per heavy atom. The van der Waals surface area contributed by atoms with Gasteiger partial charge in [0.15, 0.2) is 0 Å². The number of para-hydroxylation sites is 1. The predicted octanol–water partition coefficient (Wildman–Crippen LogP) is 1.96. The fourth-order valence-corrected chi connectivity index (χ4v) is 5.21. The highest BCUT2D eigenvalue weighted by Crippen LogP contribution is 2.41. The molecule has 3 saturated heterocycles. The highest BCUT2D eigenvalue weighted by molar-refractivity contribution is 5.84. The second-order valence-corrected chi connectivity index (χ2v) is 8.17. The SMILES string of the molecule is O=C1N(CCO)CCC[C@]12CCN(C1CCN(c3ccccc3)CC1)C2. The lowest BCUT2D eigenvalue weighted by Gasteiger charge is -2.41. The maximum absolute atomic E-state index is 13.0. The summed E-state index contributed by atoms with van der Waals surface area (Å²) in [6.07, 6.45) is 5.45. The fraction of sp³-hybridized carbons (Fsp3) is 0.667. The van der Waals surface area contributed by atoms with Crippen molar-refractivity contribution >= 4 is 11.6 Å². The van der Waals surface area contributed by atoms with Crippen LogP contribution in [0.25, 0.3) is 0 Å². The van der Waals surface area contributed by atoms with Gasteiger partial charge in [-0.2, -0.15) is 0 Å². The average Bonchev–Trinajstić information content (AvgIpc) is 3.12. The molecule has 3 aliphatic rings. The topological polar surface area (TPSA) is 47.0 Å². The number of hydrogen-bond donors (Lipinski definition) is 1. The van der Waals surface area contributed by atoms with E-state index in [2.05, 4.69) is 40.1 Å². The number of hydrogen-bond acceptors (Lipinski definition) is 4. The van der Waals surface area contributed by atoms with E-state index in [0.29, 0.717) is 18.5 Å². The van der Waals surface area contributed by atoms with E-state index in [0.717, 1.165) is 52.0 Å². The third kappa shape index (κ3) is 3.35. The molecule has 5 nitrogen and oxygen atoms in total. The molecule has 1 spiro atoms. The Morgan fingerprint density at radius 2 is 1.81 bits per heavy atom. The third-order valence-electron chi connectivity index (χ3n) is 6.68. The normalized spacial score (nSPS) is 28.3. The van der Waals surface area contributed by atoms with Crippen molar-refractivity contribution < 1.29 is 9.90 Å². The minimum atomic E-state index is -0.177. The minimum absolute atomic E-state index is 0.0729. The second kappa shape index (κ2) is 7.57. The Hall–Kier alpha value is -1.59. The molecule has 5 heteroatoms. The number of benzene rings is 1. The van der Waals surface area contributed by atoms with Gasteiger partial charge in [0.25, 0.3) is 0 Å². The summed E-state index contributed by atoms with van der Waals surface area (Å²) >= 11 is 0. The fourth-order valence-electron chi connectivity index (χ4n) is 5.21. The molecule has 0 aliphatic carbocycles. The third-order valence-corrected chi connectivity index (χ3v) is 6.68. The monoisotopic (exact) mass is 357 g/mol. The summed E-state index contributed by atoms with van der Waals surface area (Å²) in [6, 6.07) is 11.3. The highest BCUT2D eigenvalue weighted by Gasteiger charge is 2.49. The smallest absolute Gasteiger partial charge is 0.230 e. The Labute approximate surface area is 156 Å². The number of amides is 1. The van der Waals surface area contributed by atoms with Crippen LogP contribution in [0.4, 0.5) is 5.69 Å². The van der Waals surface area contributed by atoms with Gasteiger partial charge in [-0.05, 0) is 50.8 Å². The summed E-state index contributed by atoms with van der Waals surface area (Å²) in [5.41, 5.74) is 1.15. The molecular formula is C21H31N3O2. The van der Waals surface area contributed by atoms with E-state index >= 15 is 0 Å². The molecule has 3 aliphatic heterocycles. The first kappa shape index (κ1) is 17.8. The van der Waals surface area contributed by atoms with Gasteiger partial charge < -0.3 is 14.9 Å². The summed E-state index contributed by atoms with van der Waals surface area (Å²) in [5, 5.41) is 9.23. The molecule has 1 aromatic carbocycles. The van der Waals surface area contributed by atoms with Crippen molar-refractivity contribution in [1.29, 1.82) is 0 Å². The van der Waals surface area contributed by atoms with Crippen molar-refractivity contribution in [1.82, 2.24) is 9.80 Å². The molecule has 0 aromatic heterocycles. The van der Waals surface area contributed by atoms with Gasteiger partial charge in [-0.1, -0.05) is 18.2 Å². The number of likely N-dealkylation sites (tertiary alicyclic amines) is 2. The Kier molecular flexibility index (Phi) is 5.18. The van der Waals surface area contributed by atoms with Crippen LogP contribution in [0.15, 0.2) is 30.3 Å². The van der Waals surface area contributed by atoms with Gasteiger partial charge in [0, 0.05) is 44.5 Å². The van der Waals surface area contributed by atoms with Crippen LogP contribution in [0.1, 0.15) is 32.1 Å². The molecule has 4 rings (SSSR count). The summed E-state index contributed by atoms with van der Waals surface area (Å²) in [5.74, 6) is 0.294. The number of piperidine rings is 2. The van der Waals surface area contributed by atoms with Crippen LogP contribution in [-0.4, -0.2) is 72.7 Å². The van der Waals surface area contributed by atoms with E-state index < -0.39 is 0 Å². The molecule has 3 heterocycles. The Morgan fingerprint density at radius 1 is 1.04 bits per heavy atom. The number of carbonyl (C=O) groups excluding carboxylic acids is 1. The molecule has 142 valence electrons. The lowest BCUT2D eigenvalue weighted by Crippen LogP contribution is -2.52. The average molecular weight is 357 g/mol. The molecule has 0 unspecified atom stereocenters. The van der Waals surface area contributed by atoms with E-state index in [1.807, 2.05) is 4.90 Å². The van der Waals surface area contributed by atoms with Crippen LogP contribution in [0.2, 0.25) is 0 Å². The zero-order chi connectivity index (χ0) is 18.0. The zero-order valence-electron chi connectivity index (χ0n) is 15.6. The molecule has 1 aromatic rings. The summed E-state index contributed by atoms with van der Waals surface area (Å²) in [7, 11) is 0. The van der Waals surface area contributed by atoms with Gasteiger partial charge in [0.05, 0.1) is 12.0 Å². The maximum Gasteiger partial charge on any atom is 0.230 e. The van der Waals surface area contributed by atoms with Gasteiger partial charge in [0.2, 0.25) is 5.91 Å². The van der Waals surface area contributed by atoms with E-state index in [1.165, 1.54) is 18.5 Å². The van der Waals surface area contributed by atoms with Crippen molar-refractivity contribution in [3.05, 3.63) is 30.3 Å². The quantitative estimate of drug-likeness (QED) is 0.895. The minimum Gasteiger partial charge on any atom is -0.395 e. The lowest BCUT2D eigenvalue weighted by atomic mass is 9.78. The summed E-state index contributed by atoms with van der Waals surface area (Å²) in [4.78, 5) is 19.9. The lowest BCUT2D eigenvalue weighted by molar-refractivity contribution is -0.146. The van der Waals surface area contributed by atoms with Gasteiger partial charge >= 0.3 is 0 Å². The first-order valence-corrected chi connectivity index (χ1v) is 10.2. The highest BCUT2D eigenvalue weighted by atomic mass is 16.3. The number of anilines is 1. The number of carbonyl (C=O) groups is 1. The number of nitrogens with zero attached hydrogens (tertiary/aromatic N) is 3. The largest absolute Gasteiger partial charge is 0.395 e. The molecule has 26 heavy (non-hydrogen) atoms. The van der Waals surface area contributed by atoms with Crippen LogP contribution in [0.5, 0.6) is 0 Å². The number of aliphatic hydroxyl groups is 1. The summed E-state index contributed by atoms with van der Waals surface area (Å²) < 4.78 is 0. The van der Waals surface area contributed by atoms with Gasteiger partial charge in [-0.15, -0.1) is 0 Å². The van der Waals surface area contributed by atoms with E-state index in [4.69, 9.17) is 0 Å². The van der Waals surface area contributed by atoms with Crippen molar-refractivity contribution in [3.8, 4) is 0 Å². The van der Waals surface area contributed by atoms with Crippen molar-refractivity contribution in [2.75, 3.05) is 50.8 Å². The molecule has 1 N–H and O–H groups in total. The van der Waals surface area contributed by atoms with Crippen LogP contribution in [0, 0.1) is 5.41 Å². The van der Waals surface area contributed by atoms with Crippen LogP contribution in [0.3, 0.4) is 0 Å². The Bertz CT molecular complexity index is 613. The van der Waals surface area contributed by atoms with Crippen molar-refractivity contribution in [3.63, 3.8) is 0 Å². The molecule has 1 atom stereocenters. The van der Waals surface area contributed by atoms with Gasteiger partial charge in [0.1, 0.15) is 0 Å². The van der Waals surface area contributed by atoms with Crippen molar-refractivity contribution in [2.24, 2.45) is 5.41 Å². The molecule has 0 bridgehead atoms. The number of aliphatic hydroxyl groups excluding tert-OH is 1. The first-order chi connectivity index (χ1) is 12.7. The molecule has 3 fully saturated rings. The van der Waals surface area contributed by atoms with E-state index in [9.17, 15) is 9.90 Å². The zero-order valence-corrected chi connectivity index (χ0v) is 15.6. The summed E-state index contributed by atoms with van der Waals surface area (Å²) in [6.45, 7) is 5.56. The predicted molar refractivity (Wildman–Crippen MR) is 103 cm³/mol. The standard InChI is InChI=1S/C21H31N3O2/c25-16-15-23-11-4-9-21(20(23)26)10-14-24(17-21)19-7-12-22(13-8-19)18-5-2-1-3-6-18/h1-3,5-6,19,25H,4,7-17H2/t21-/m1/s1. The van der Waals surface area contributed by atoms with Crippen molar-refractivity contribution in [2.45, 2.75) is 38.1 Å². The number of rotatable bonds is 4. The second-order valence-electron chi connectivity index (χ2n) is 8.17. The molecular weight excluding hydrogens is 326 g/mol. The van der Waals surface area contributed by atoms with Crippen LogP contribution < -0.4 is 4.90 Å².